The van der Waals surface area contributed by atoms with E-state index < -0.39 is 5.79 Å². The van der Waals surface area contributed by atoms with E-state index in [0.717, 1.165) is 0 Å². The summed E-state index contributed by atoms with van der Waals surface area (Å²) in [5, 5.41) is 0. The minimum Gasteiger partial charge on any atom is -0.445 e. The Bertz CT molecular complexity index is 981. The Labute approximate surface area is 164 Å². The van der Waals surface area contributed by atoms with E-state index in [9.17, 15) is 0 Å². The number of allylic oxidation sites excluding steroid dienone is 2. The van der Waals surface area contributed by atoms with Gasteiger partial charge in [0, 0.05) is 35.5 Å². The first-order valence-corrected chi connectivity index (χ1v) is 9.15. The standard InChI is InChI=1S/C24H22N2O2/c25-20-9-11-22(12-10-20)27-24(28-23-8-4-7-21(26)17-23)15-13-19(14-16-24)18-5-2-1-3-6-18/h1-17,19H,25-26H2. The topological polar surface area (TPSA) is 70.5 Å². The van der Waals surface area contributed by atoms with Crippen LogP contribution in [-0.2, 0) is 0 Å². The van der Waals surface area contributed by atoms with Gasteiger partial charge in [0.25, 0.3) is 5.79 Å². The maximum Gasteiger partial charge on any atom is 0.291 e. The first-order valence-electron chi connectivity index (χ1n) is 9.15. The van der Waals surface area contributed by atoms with Crippen molar-refractivity contribution in [2.75, 3.05) is 11.5 Å². The first kappa shape index (κ1) is 17.7. The summed E-state index contributed by atoms with van der Waals surface area (Å²) >= 11 is 0. The SMILES string of the molecule is Nc1ccc(OC2(Oc3cccc(N)c3)C=CC(c3ccccc3)C=C2)cc1. The average molecular weight is 370 g/mol. The lowest BCUT2D eigenvalue weighted by molar-refractivity contribution is -0.0291. The van der Waals surface area contributed by atoms with Crippen molar-refractivity contribution in [3.63, 3.8) is 0 Å². The normalized spacial score (nSPS) is 20.6. The summed E-state index contributed by atoms with van der Waals surface area (Å²) in [6.07, 6.45) is 8.03. The number of benzene rings is 3. The van der Waals surface area contributed by atoms with Gasteiger partial charge in [-0.05, 0) is 42.0 Å². The highest BCUT2D eigenvalue weighted by Gasteiger charge is 2.32. The van der Waals surface area contributed by atoms with Crippen LogP contribution in [0.5, 0.6) is 11.5 Å². The van der Waals surface area contributed by atoms with Crippen molar-refractivity contribution in [3.05, 3.63) is 109 Å². The molecule has 0 saturated carbocycles. The molecule has 4 nitrogen and oxygen atoms in total. The molecule has 0 radical (unpaired) electrons. The molecule has 0 unspecified atom stereocenters. The third-order valence-electron chi connectivity index (χ3n) is 4.55. The van der Waals surface area contributed by atoms with Gasteiger partial charge in [-0.25, -0.2) is 0 Å². The Morgan fingerprint density at radius 3 is 2.00 bits per heavy atom. The van der Waals surface area contributed by atoms with Crippen molar-refractivity contribution >= 4 is 11.4 Å². The second-order valence-corrected chi connectivity index (χ2v) is 6.72. The first-order chi connectivity index (χ1) is 13.6. The highest BCUT2D eigenvalue weighted by atomic mass is 16.7. The predicted octanol–water partition coefficient (Wildman–Crippen LogP) is 4.91. The summed E-state index contributed by atoms with van der Waals surface area (Å²) in [7, 11) is 0. The monoisotopic (exact) mass is 370 g/mol. The molecule has 0 heterocycles. The third kappa shape index (κ3) is 4.01. The van der Waals surface area contributed by atoms with E-state index in [4.69, 9.17) is 20.9 Å². The van der Waals surface area contributed by atoms with Gasteiger partial charge in [-0.2, -0.15) is 0 Å². The van der Waals surface area contributed by atoms with Crippen LogP contribution in [0.1, 0.15) is 11.5 Å². The van der Waals surface area contributed by atoms with Crippen LogP contribution in [0, 0.1) is 0 Å². The number of rotatable bonds is 5. The van der Waals surface area contributed by atoms with E-state index in [1.807, 2.05) is 60.7 Å². The van der Waals surface area contributed by atoms with Crippen LogP contribution in [0.4, 0.5) is 11.4 Å². The van der Waals surface area contributed by atoms with Crippen LogP contribution >= 0.6 is 0 Å². The fourth-order valence-corrected chi connectivity index (χ4v) is 3.13. The van der Waals surface area contributed by atoms with Crippen molar-refractivity contribution in [2.24, 2.45) is 0 Å². The molecule has 1 aliphatic carbocycles. The number of hydrogen-bond acceptors (Lipinski definition) is 4. The van der Waals surface area contributed by atoms with Gasteiger partial charge in [0.15, 0.2) is 0 Å². The Morgan fingerprint density at radius 2 is 1.32 bits per heavy atom. The summed E-state index contributed by atoms with van der Waals surface area (Å²) in [5.41, 5.74) is 14.2. The van der Waals surface area contributed by atoms with Gasteiger partial charge < -0.3 is 20.9 Å². The minimum atomic E-state index is -1.07. The molecule has 0 fully saturated rings. The van der Waals surface area contributed by atoms with E-state index in [0.29, 0.717) is 22.9 Å². The summed E-state index contributed by atoms with van der Waals surface area (Å²) in [4.78, 5) is 0. The molecule has 140 valence electrons. The maximum atomic E-state index is 6.24. The largest absolute Gasteiger partial charge is 0.445 e. The molecule has 0 aromatic heterocycles. The predicted molar refractivity (Wildman–Crippen MR) is 113 cm³/mol. The Kier molecular flexibility index (Phi) is 4.77. The summed E-state index contributed by atoms with van der Waals surface area (Å²) in [5.74, 6) is 0.372. The van der Waals surface area contributed by atoms with Gasteiger partial charge in [0.2, 0.25) is 0 Å². The molecule has 3 aromatic carbocycles. The van der Waals surface area contributed by atoms with Crippen LogP contribution in [0.3, 0.4) is 0 Å². The van der Waals surface area contributed by atoms with Gasteiger partial charge in [-0.1, -0.05) is 48.6 Å². The zero-order chi connectivity index (χ0) is 19.4. The van der Waals surface area contributed by atoms with E-state index in [1.54, 1.807) is 18.2 Å². The number of ether oxygens (including phenoxy) is 2. The van der Waals surface area contributed by atoms with Crippen LogP contribution < -0.4 is 20.9 Å². The molecule has 28 heavy (non-hydrogen) atoms. The highest BCUT2D eigenvalue weighted by molar-refractivity contribution is 5.46. The molecular formula is C24H22N2O2. The fraction of sp³-hybridized carbons (Fsp3) is 0.0833. The molecule has 0 atom stereocenters. The smallest absolute Gasteiger partial charge is 0.291 e. The van der Waals surface area contributed by atoms with Crippen molar-refractivity contribution in [1.29, 1.82) is 0 Å². The van der Waals surface area contributed by atoms with E-state index in [1.165, 1.54) is 5.56 Å². The maximum absolute atomic E-state index is 6.24. The lowest BCUT2D eigenvalue weighted by Crippen LogP contribution is -2.39. The molecule has 0 amide bonds. The molecule has 0 saturated heterocycles. The third-order valence-corrected chi connectivity index (χ3v) is 4.55. The summed E-state index contributed by atoms with van der Waals surface area (Å²) in [6, 6.07) is 24.8. The van der Waals surface area contributed by atoms with Crippen molar-refractivity contribution < 1.29 is 9.47 Å². The van der Waals surface area contributed by atoms with Gasteiger partial charge in [0.05, 0.1) is 0 Å². The average Bonchev–Trinajstić information content (AvgIpc) is 2.71. The molecular weight excluding hydrogens is 348 g/mol. The number of anilines is 2. The van der Waals surface area contributed by atoms with Crippen molar-refractivity contribution in [1.82, 2.24) is 0 Å². The number of nitrogen functional groups attached to an aromatic ring is 2. The quantitative estimate of drug-likeness (QED) is 0.380. The van der Waals surface area contributed by atoms with Crippen molar-refractivity contribution in [3.8, 4) is 11.5 Å². The van der Waals surface area contributed by atoms with Gasteiger partial charge in [-0.15, -0.1) is 0 Å². The number of hydrogen-bond donors (Lipinski definition) is 2. The van der Waals surface area contributed by atoms with Gasteiger partial charge in [-0.3, -0.25) is 0 Å². The molecule has 4 heteroatoms. The van der Waals surface area contributed by atoms with Crippen LogP contribution in [0.2, 0.25) is 0 Å². The molecule has 4 rings (SSSR count). The summed E-state index contributed by atoms with van der Waals surface area (Å²) in [6.45, 7) is 0. The number of nitrogens with two attached hydrogens (primary N) is 2. The molecule has 0 bridgehead atoms. The Morgan fingerprint density at radius 1 is 0.643 bits per heavy atom. The zero-order valence-electron chi connectivity index (χ0n) is 15.4. The molecule has 0 spiro atoms. The minimum absolute atomic E-state index is 0.161. The Balaban J connectivity index is 1.64. The lowest BCUT2D eigenvalue weighted by Gasteiger charge is -2.32. The Hall–Kier alpha value is -3.66. The van der Waals surface area contributed by atoms with Crippen LogP contribution in [-0.4, -0.2) is 5.79 Å². The second kappa shape index (κ2) is 7.53. The van der Waals surface area contributed by atoms with Crippen molar-refractivity contribution in [2.45, 2.75) is 11.7 Å². The van der Waals surface area contributed by atoms with E-state index in [2.05, 4.69) is 24.3 Å². The van der Waals surface area contributed by atoms with Crippen LogP contribution in [0.15, 0.2) is 103 Å². The van der Waals surface area contributed by atoms with Crippen LogP contribution in [0.25, 0.3) is 0 Å². The molecule has 1 aliphatic rings. The fourth-order valence-electron chi connectivity index (χ4n) is 3.13. The molecule has 4 N–H and O–H groups in total. The zero-order valence-corrected chi connectivity index (χ0v) is 15.4. The highest BCUT2D eigenvalue weighted by Crippen LogP contribution is 2.33. The van der Waals surface area contributed by atoms with E-state index in [-0.39, 0.29) is 5.92 Å². The summed E-state index contributed by atoms with van der Waals surface area (Å²) < 4.78 is 12.5. The molecule has 0 aliphatic heterocycles. The second-order valence-electron chi connectivity index (χ2n) is 6.72. The molecule has 3 aromatic rings. The van der Waals surface area contributed by atoms with E-state index >= 15 is 0 Å². The van der Waals surface area contributed by atoms with Gasteiger partial charge in [0.1, 0.15) is 11.5 Å². The lowest BCUT2D eigenvalue weighted by atomic mass is 9.93. The van der Waals surface area contributed by atoms with Gasteiger partial charge >= 0.3 is 0 Å².